The molecule has 0 bridgehead atoms. The highest BCUT2D eigenvalue weighted by atomic mass is 19.1. The van der Waals surface area contributed by atoms with E-state index in [2.05, 4.69) is 39.2 Å². The van der Waals surface area contributed by atoms with Crippen molar-refractivity contribution >= 4 is 23.1 Å². The number of anilines is 4. The van der Waals surface area contributed by atoms with Crippen molar-refractivity contribution in [1.29, 1.82) is 0 Å². The van der Waals surface area contributed by atoms with Crippen molar-refractivity contribution in [3.63, 3.8) is 0 Å². The maximum atomic E-state index is 14.1. The Hall–Kier alpha value is -3.15. The predicted octanol–water partition coefficient (Wildman–Crippen LogP) is 4.56. The largest absolute Gasteiger partial charge is 0.366 e. The van der Waals surface area contributed by atoms with E-state index in [1.54, 1.807) is 6.07 Å². The summed E-state index contributed by atoms with van der Waals surface area (Å²) in [4.78, 5) is 13.7. The van der Waals surface area contributed by atoms with Crippen LogP contribution in [0.3, 0.4) is 0 Å². The van der Waals surface area contributed by atoms with Gasteiger partial charge in [0.15, 0.2) is 0 Å². The van der Waals surface area contributed by atoms with Gasteiger partial charge in [0.1, 0.15) is 11.6 Å². The number of benzene rings is 2. The van der Waals surface area contributed by atoms with E-state index in [1.165, 1.54) is 11.6 Å². The van der Waals surface area contributed by atoms with E-state index in [-0.39, 0.29) is 5.82 Å². The van der Waals surface area contributed by atoms with Crippen LogP contribution in [0.25, 0.3) is 0 Å². The lowest BCUT2D eigenvalue weighted by Crippen LogP contribution is -2.47. The van der Waals surface area contributed by atoms with Crippen LogP contribution < -0.4 is 15.1 Å². The van der Waals surface area contributed by atoms with Crippen LogP contribution >= 0.6 is 0 Å². The molecule has 29 heavy (non-hydrogen) atoms. The van der Waals surface area contributed by atoms with E-state index >= 15 is 0 Å². The van der Waals surface area contributed by atoms with Gasteiger partial charge in [-0.15, -0.1) is 0 Å². The van der Waals surface area contributed by atoms with Gasteiger partial charge in [0.25, 0.3) is 0 Å². The van der Waals surface area contributed by atoms with Gasteiger partial charge in [-0.2, -0.15) is 4.98 Å². The number of para-hydroxylation sites is 2. The van der Waals surface area contributed by atoms with Gasteiger partial charge in [-0.05, 0) is 37.1 Å². The average Bonchev–Trinajstić information content (AvgIpc) is 2.74. The van der Waals surface area contributed by atoms with Crippen LogP contribution in [0.15, 0.2) is 54.6 Å². The van der Waals surface area contributed by atoms with Crippen molar-refractivity contribution in [3.8, 4) is 0 Å². The molecule has 0 spiro atoms. The van der Waals surface area contributed by atoms with Crippen LogP contribution in [0.4, 0.5) is 27.5 Å². The third-order valence-corrected chi connectivity index (χ3v) is 5.28. The number of nitrogens with one attached hydrogen (secondary N) is 1. The first kappa shape index (κ1) is 19.2. The predicted molar refractivity (Wildman–Crippen MR) is 117 cm³/mol. The third kappa shape index (κ3) is 4.31. The minimum absolute atomic E-state index is 0.167. The number of hydrogen-bond donors (Lipinski definition) is 1. The quantitative estimate of drug-likeness (QED) is 0.691. The molecular formula is C23H26FN5. The zero-order valence-corrected chi connectivity index (χ0v) is 16.9. The first-order valence-electron chi connectivity index (χ1n) is 10.1. The second kappa shape index (κ2) is 8.47. The summed E-state index contributed by atoms with van der Waals surface area (Å²) < 4.78 is 14.1. The molecule has 4 rings (SSSR count). The molecule has 1 fully saturated rings. The molecule has 5 nitrogen and oxygen atoms in total. The van der Waals surface area contributed by atoms with Crippen LogP contribution in [0.5, 0.6) is 0 Å². The third-order valence-electron chi connectivity index (χ3n) is 5.28. The molecule has 1 N–H and O–H groups in total. The van der Waals surface area contributed by atoms with Crippen LogP contribution in [-0.4, -0.2) is 36.1 Å². The lowest BCUT2D eigenvalue weighted by molar-refractivity contribution is 0.596. The van der Waals surface area contributed by atoms with Crippen molar-refractivity contribution in [2.75, 3.05) is 41.3 Å². The molecular weight excluding hydrogens is 365 g/mol. The minimum Gasteiger partial charge on any atom is -0.366 e. The summed E-state index contributed by atoms with van der Waals surface area (Å²) in [6.07, 6.45) is 0.944. The summed E-state index contributed by atoms with van der Waals surface area (Å²) in [7, 11) is 0. The summed E-state index contributed by atoms with van der Waals surface area (Å²) in [6.45, 7) is 7.21. The fraction of sp³-hybridized carbons (Fsp3) is 0.304. The van der Waals surface area contributed by atoms with Gasteiger partial charge < -0.3 is 15.1 Å². The second-order valence-corrected chi connectivity index (χ2v) is 7.25. The van der Waals surface area contributed by atoms with Crippen molar-refractivity contribution in [2.24, 2.45) is 0 Å². The highest BCUT2D eigenvalue weighted by Gasteiger charge is 2.21. The minimum atomic E-state index is -0.167. The molecule has 0 saturated carbocycles. The van der Waals surface area contributed by atoms with Crippen LogP contribution in [0, 0.1) is 12.7 Å². The first-order valence-corrected chi connectivity index (χ1v) is 10.1. The molecule has 0 radical (unpaired) electrons. The van der Waals surface area contributed by atoms with Crippen molar-refractivity contribution in [2.45, 2.75) is 20.3 Å². The molecule has 2 aromatic carbocycles. The Morgan fingerprint density at radius 2 is 1.62 bits per heavy atom. The van der Waals surface area contributed by atoms with E-state index in [1.807, 2.05) is 37.3 Å². The number of piperazine rings is 1. The normalized spacial score (nSPS) is 14.2. The molecule has 0 atom stereocenters. The Balaban J connectivity index is 1.49. The van der Waals surface area contributed by atoms with Gasteiger partial charge in [-0.1, -0.05) is 37.3 Å². The van der Waals surface area contributed by atoms with E-state index < -0.39 is 0 Å². The van der Waals surface area contributed by atoms with Gasteiger partial charge in [-0.3, -0.25) is 0 Å². The first-order chi connectivity index (χ1) is 14.1. The number of nitrogens with zero attached hydrogens (tertiary/aromatic N) is 4. The van der Waals surface area contributed by atoms with E-state index in [0.717, 1.165) is 49.8 Å². The van der Waals surface area contributed by atoms with E-state index in [4.69, 9.17) is 4.98 Å². The summed E-state index contributed by atoms with van der Waals surface area (Å²) >= 11 is 0. The summed E-state index contributed by atoms with van der Waals surface area (Å²) in [5, 5.41) is 3.38. The maximum absolute atomic E-state index is 14.1. The van der Waals surface area contributed by atoms with Gasteiger partial charge in [0.2, 0.25) is 5.95 Å². The molecule has 1 aromatic heterocycles. The van der Waals surface area contributed by atoms with Crippen molar-refractivity contribution in [3.05, 3.63) is 71.7 Å². The Kier molecular flexibility index (Phi) is 5.60. The molecule has 1 aliphatic rings. The molecule has 0 unspecified atom stereocenters. The monoisotopic (exact) mass is 391 g/mol. The summed E-state index contributed by atoms with van der Waals surface area (Å²) in [5.74, 6) is 1.35. The molecule has 1 aliphatic heterocycles. The Morgan fingerprint density at radius 1 is 0.931 bits per heavy atom. The number of aryl methyl sites for hydroxylation is 2. The second-order valence-electron chi connectivity index (χ2n) is 7.25. The SMILES string of the molecule is CCc1ccccc1Nc1nc(C)cc(N2CCN(c3ccccc3F)CC2)n1. The summed E-state index contributed by atoms with van der Waals surface area (Å²) in [6, 6.07) is 17.2. The number of aromatic nitrogens is 2. The van der Waals surface area contributed by atoms with E-state index in [0.29, 0.717) is 11.6 Å². The maximum Gasteiger partial charge on any atom is 0.229 e. The van der Waals surface area contributed by atoms with Gasteiger partial charge >= 0.3 is 0 Å². The standard InChI is InChI=1S/C23H26FN5/c1-3-18-8-4-6-10-20(18)26-23-25-17(2)16-22(27-23)29-14-12-28(13-15-29)21-11-7-5-9-19(21)24/h4-11,16H,3,12-15H2,1-2H3,(H,25,26,27). The molecule has 3 aromatic rings. The van der Waals surface area contributed by atoms with Crippen LogP contribution in [0.2, 0.25) is 0 Å². The number of rotatable bonds is 5. The highest BCUT2D eigenvalue weighted by Crippen LogP contribution is 2.24. The van der Waals surface area contributed by atoms with Crippen molar-refractivity contribution in [1.82, 2.24) is 9.97 Å². The number of halogens is 1. The van der Waals surface area contributed by atoms with Gasteiger partial charge in [0, 0.05) is 43.6 Å². The molecule has 0 aliphatic carbocycles. The zero-order valence-electron chi connectivity index (χ0n) is 16.9. The van der Waals surface area contributed by atoms with E-state index in [9.17, 15) is 4.39 Å². The Labute approximate surface area is 171 Å². The molecule has 6 heteroatoms. The summed E-state index contributed by atoms with van der Waals surface area (Å²) in [5.41, 5.74) is 3.86. The van der Waals surface area contributed by atoms with Crippen molar-refractivity contribution < 1.29 is 4.39 Å². The molecule has 0 amide bonds. The molecule has 2 heterocycles. The topological polar surface area (TPSA) is 44.3 Å². The van der Waals surface area contributed by atoms with Gasteiger partial charge in [0.05, 0.1) is 5.69 Å². The molecule has 150 valence electrons. The zero-order chi connectivity index (χ0) is 20.2. The Bertz CT molecular complexity index is 983. The molecule has 1 saturated heterocycles. The fourth-order valence-corrected chi connectivity index (χ4v) is 3.73. The van der Waals surface area contributed by atoms with Gasteiger partial charge in [-0.25, -0.2) is 9.37 Å². The number of hydrogen-bond acceptors (Lipinski definition) is 5. The van der Waals surface area contributed by atoms with Crippen LogP contribution in [-0.2, 0) is 6.42 Å². The van der Waals surface area contributed by atoms with Crippen LogP contribution in [0.1, 0.15) is 18.2 Å². The highest BCUT2D eigenvalue weighted by molar-refractivity contribution is 5.60. The smallest absolute Gasteiger partial charge is 0.229 e. The lowest BCUT2D eigenvalue weighted by Gasteiger charge is -2.37. The average molecular weight is 391 g/mol. The fourth-order valence-electron chi connectivity index (χ4n) is 3.73. The lowest BCUT2D eigenvalue weighted by atomic mass is 10.1. The Morgan fingerprint density at radius 3 is 2.38 bits per heavy atom.